The summed E-state index contributed by atoms with van der Waals surface area (Å²) < 4.78 is 78.9. The molecule has 0 radical (unpaired) electrons. The van der Waals surface area contributed by atoms with Gasteiger partial charge in [-0.2, -0.15) is 18.3 Å². The van der Waals surface area contributed by atoms with Crippen molar-refractivity contribution in [1.29, 1.82) is 0 Å². The second kappa shape index (κ2) is 7.21. The average molecular weight is 402 g/mol. The zero-order valence-electron chi connectivity index (χ0n) is 17.8. The maximum absolute atomic E-state index is 13.8. The SMILES string of the molecule is [2H]c1c([2H])c(Oc2ccc(C(C)(O)Cn3cncn3)c(C(F)(F)F)c2)c([2H])c([2H])c1Cl. The van der Waals surface area contributed by atoms with Gasteiger partial charge in [-0.25, -0.2) is 9.67 Å². The molecule has 3 rings (SSSR count). The fourth-order valence-electron chi connectivity index (χ4n) is 2.46. The molecule has 0 aliphatic rings. The summed E-state index contributed by atoms with van der Waals surface area (Å²) in [5.74, 6) is -0.967. The van der Waals surface area contributed by atoms with E-state index in [0.29, 0.717) is 6.07 Å². The van der Waals surface area contributed by atoms with Crippen molar-refractivity contribution in [3.63, 3.8) is 0 Å². The number of hydrogen-bond donors (Lipinski definition) is 1. The van der Waals surface area contributed by atoms with Crippen LogP contribution in [0.5, 0.6) is 11.5 Å². The summed E-state index contributed by atoms with van der Waals surface area (Å²) >= 11 is 5.72. The van der Waals surface area contributed by atoms with E-state index in [1.165, 1.54) is 24.3 Å². The highest BCUT2D eigenvalue weighted by Gasteiger charge is 2.39. The average Bonchev–Trinajstić information content (AvgIpc) is 3.19. The molecule has 0 bridgehead atoms. The molecule has 9 heteroatoms. The number of benzene rings is 2. The van der Waals surface area contributed by atoms with Gasteiger partial charge in [0.2, 0.25) is 0 Å². The first-order chi connectivity index (χ1) is 14.3. The molecule has 5 nitrogen and oxygen atoms in total. The first-order valence-electron chi connectivity index (χ1n) is 9.53. The summed E-state index contributed by atoms with van der Waals surface area (Å²) in [7, 11) is 0. The fourth-order valence-corrected chi connectivity index (χ4v) is 2.56. The highest BCUT2D eigenvalue weighted by Crippen LogP contribution is 2.40. The van der Waals surface area contributed by atoms with E-state index < -0.39 is 63.6 Å². The normalized spacial score (nSPS) is 16.1. The number of halogens is 4. The van der Waals surface area contributed by atoms with Gasteiger partial charge in [-0.05, 0) is 48.8 Å². The molecule has 0 aliphatic carbocycles. The zero-order chi connectivity index (χ0) is 23.1. The van der Waals surface area contributed by atoms with Crippen LogP contribution in [0.15, 0.2) is 55.0 Å². The van der Waals surface area contributed by atoms with Crippen molar-refractivity contribution >= 4 is 11.6 Å². The standard InChI is InChI=1S/C18H15ClF3N3O2/c1-17(26,9-25-11-23-10-24-25)15-7-6-14(8-16(15)18(20,21)22)27-13-4-2-12(19)3-5-13/h2-8,10-11,26H,9H2,1H3/i2D,3D,4D,5D. The minimum absolute atomic E-state index is 0.300. The molecule has 0 fully saturated rings. The summed E-state index contributed by atoms with van der Waals surface area (Å²) in [6.07, 6.45) is -2.43. The largest absolute Gasteiger partial charge is 0.457 e. The smallest absolute Gasteiger partial charge is 0.416 e. The predicted octanol–water partition coefficient (Wildman–Crippen LogP) is 4.65. The van der Waals surface area contributed by atoms with Crippen LogP contribution in [0.2, 0.25) is 5.02 Å². The van der Waals surface area contributed by atoms with Crippen LogP contribution < -0.4 is 4.74 Å². The lowest BCUT2D eigenvalue weighted by Crippen LogP contribution is -2.31. The van der Waals surface area contributed by atoms with Gasteiger partial charge in [0.1, 0.15) is 29.8 Å². The van der Waals surface area contributed by atoms with E-state index in [0.717, 1.165) is 12.1 Å². The van der Waals surface area contributed by atoms with Crippen molar-refractivity contribution in [3.8, 4) is 11.5 Å². The lowest BCUT2D eigenvalue weighted by Gasteiger charge is -2.27. The molecule has 27 heavy (non-hydrogen) atoms. The molecule has 0 spiro atoms. The number of ether oxygens (including phenoxy) is 1. The Bertz CT molecular complexity index is 1100. The Labute approximate surface area is 163 Å². The van der Waals surface area contributed by atoms with Gasteiger partial charge < -0.3 is 9.84 Å². The molecule has 0 saturated carbocycles. The minimum Gasteiger partial charge on any atom is -0.457 e. The van der Waals surface area contributed by atoms with Gasteiger partial charge in [-0.15, -0.1) is 0 Å². The lowest BCUT2D eigenvalue weighted by molar-refractivity contribution is -0.140. The summed E-state index contributed by atoms with van der Waals surface area (Å²) in [5.41, 5.74) is -3.61. The number of hydrogen-bond acceptors (Lipinski definition) is 4. The molecule has 0 aliphatic heterocycles. The van der Waals surface area contributed by atoms with E-state index in [-0.39, 0.29) is 6.54 Å². The fraction of sp³-hybridized carbons (Fsp3) is 0.222. The van der Waals surface area contributed by atoms with E-state index in [1.54, 1.807) is 0 Å². The summed E-state index contributed by atoms with van der Waals surface area (Å²) in [5, 5.41) is 14.1. The molecular formula is C18H15ClF3N3O2. The van der Waals surface area contributed by atoms with Gasteiger partial charge in [0.05, 0.1) is 17.6 Å². The third-order valence-corrected chi connectivity index (χ3v) is 3.79. The van der Waals surface area contributed by atoms with Crippen molar-refractivity contribution < 1.29 is 28.5 Å². The molecule has 1 unspecified atom stereocenters. The van der Waals surface area contributed by atoms with Gasteiger partial charge in [-0.1, -0.05) is 17.7 Å². The van der Waals surface area contributed by atoms with E-state index in [4.69, 9.17) is 21.8 Å². The molecule has 1 N–H and O–H groups in total. The molecule has 1 aromatic heterocycles. The molecule has 1 heterocycles. The van der Waals surface area contributed by atoms with E-state index >= 15 is 0 Å². The maximum atomic E-state index is 13.8. The van der Waals surface area contributed by atoms with Crippen molar-refractivity contribution in [2.75, 3.05) is 0 Å². The van der Waals surface area contributed by atoms with E-state index in [9.17, 15) is 18.3 Å². The third-order valence-electron chi connectivity index (χ3n) is 3.60. The molecule has 0 saturated heterocycles. The van der Waals surface area contributed by atoms with Crippen LogP contribution in [-0.4, -0.2) is 19.9 Å². The quantitative estimate of drug-likeness (QED) is 0.676. The predicted molar refractivity (Wildman–Crippen MR) is 92.6 cm³/mol. The summed E-state index contributed by atoms with van der Waals surface area (Å²) in [6.45, 7) is 0.896. The van der Waals surface area contributed by atoms with Crippen molar-refractivity contribution in [1.82, 2.24) is 14.8 Å². The Balaban J connectivity index is 2.06. The van der Waals surface area contributed by atoms with Crippen LogP contribution in [0.1, 0.15) is 23.5 Å². The molecule has 3 aromatic rings. The van der Waals surface area contributed by atoms with Crippen LogP contribution >= 0.6 is 11.6 Å². The number of nitrogens with zero attached hydrogens (tertiary/aromatic N) is 3. The maximum Gasteiger partial charge on any atom is 0.416 e. The highest BCUT2D eigenvalue weighted by atomic mass is 35.5. The molecule has 1 atom stereocenters. The zero-order valence-corrected chi connectivity index (χ0v) is 14.6. The first-order valence-corrected chi connectivity index (χ1v) is 7.91. The Kier molecular flexibility index (Phi) is 3.86. The van der Waals surface area contributed by atoms with Crippen LogP contribution in [0.25, 0.3) is 0 Å². The van der Waals surface area contributed by atoms with Crippen molar-refractivity contribution in [2.24, 2.45) is 0 Å². The Morgan fingerprint density at radius 3 is 2.48 bits per heavy atom. The Morgan fingerprint density at radius 1 is 1.19 bits per heavy atom. The monoisotopic (exact) mass is 401 g/mol. The molecular weight excluding hydrogens is 383 g/mol. The lowest BCUT2D eigenvalue weighted by atomic mass is 9.90. The molecule has 0 amide bonds. The summed E-state index contributed by atoms with van der Waals surface area (Å²) in [4.78, 5) is 3.69. The van der Waals surface area contributed by atoms with E-state index in [2.05, 4.69) is 10.1 Å². The van der Waals surface area contributed by atoms with Crippen LogP contribution in [-0.2, 0) is 18.3 Å². The topological polar surface area (TPSA) is 60.2 Å². The highest BCUT2D eigenvalue weighted by molar-refractivity contribution is 6.30. The Hall–Kier alpha value is -2.58. The number of aliphatic hydroxyl groups is 1. The Morgan fingerprint density at radius 2 is 1.89 bits per heavy atom. The molecule has 2 aromatic carbocycles. The number of alkyl halides is 3. The van der Waals surface area contributed by atoms with Crippen molar-refractivity contribution in [3.05, 3.63) is 71.2 Å². The number of rotatable bonds is 5. The van der Waals surface area contributed by atoms with Crippen LogP contribution in [0.3, 0.4) is 0 Å². The van der Waals surface area contributed by atoms with Gasteiger partial charge >= 0.3 is 6.18 Å². The van der Waals surface area contributed by atoms with E-state index in [1.807, 2.05) is 0 Å². The first kappa shape index (κ1) is 14.5. The number of aromatic nitrogens is 3. The van der Waals surface area contributed by atoms with Crippen LogP contribution in [0.4, 0.5) is 13.2 Å². The second-order valence-electron chi connectivity index (χ2n) is 5.82. The van der Waals surface area contributed by atoms with Gasteiger partial charge in [-0.3, -0.25) is 0 Å². The van der Waals surface area contributed by atoms with Gasteiger partial charge in [0, 0.05) is 5.02 Å². The summed E-state index contributed by atoms with van der Waals surface area (Å²) in [6, 6.07) is 0.319. The minimum atomic E-state index is -4.87. The second-order valence-corrected chi connectivity index (χ2v) is 6.20. The van der Waals surface area contributed by atoms with Crippen LogP contribution in [0, 0.1) is 0 Å². The van der Waals surface area contributed by atoms with Crippen molar-refractivity contribution in [2.45, 2.75) is 25.2 Å². The van der Waals surface area contributed by atoms with Gasteiger partial charge in [0.25, 0.3) is 0 Å². The van der Waals surface area contributed by atoms with Gasteiger partial charge in [0.15, 0.2) is 0 Å². The third kappa shape index (κ3) is 4.58. The molecule has 142 valence electrons.